The lowest BCUT2D eigenvalue weighted by Crippen LogP contribution is -2.27. The first kappa shape index (κ1) is 16.7. The molecule has 1 atom stereocenters. The number of hydrogen-bond donors (Lipinski definition) is 0. The van der Waals surface area contributed by atoms with Gasteiger partial charge in [-0.15, -0.1) is 0 Å². The third-order valence-corrected chi connectivity index (χ3v) is 4.09. The van der Waals surface area contributed by atoms with Crippen molar-refractivity contribution in [2.45, 2.75) is 12.6 Å². The number of methoxy groups -OCH3 is 2. The monoisotopic (exact) mass is 344 g/mol. The first-order valence-corrected chi connectivity index (χ1v) is 7.40. The second kappa shape index (κ2) is 6.40. The minimum absolute atomic E-state index is 0.0488. The van der Waals surface area contributed by atoms with Gasteiger partial charge in [0.1, 0.15) is 17.7 Å². The van der Waals surface area contributed by atoms with Crippen LogP contribution in [0.3, 0.4) is 0 Å². The predicted molar refractivity (Wildman–Crippen MR) is 84.1 cm³/mol. The average Bonchev–Trinajstić information content (AvgIpc) is 2.87. The zero-order chi connectivity index (χ0) is 18.1. The molecule has 1 aliphatic heterocycles. The Morgan fingerprint density at radius 1 is 1.16 bits per heavy atom. The summed E-state index contributed by atoms with van der Waals surface area (Å²) < 4.78 is 37.9. The van der Waals surface area contributed by atoms with E-state index in [0.717, 1.165) is 6.07 Å². The molecule has 0 bridgehead atoms. The molecular formula is C18H14F2N2O3. The third-order valence-electron chi connectivity index (χ3n) is 4.09. The lowest BCUT2D eigenvalue weighted by atomic mass is 10.0. The molecule has 2 aromatic carbocycles. The summed E-state index contributed by atoms with van der Waals surface area (Å²) in [6.07, 6.45) is 0. The molecule has 0 N–H and O–H groups in total. The molecular weight excluding hydrogens is 330 g/mol. The van der Waals surface area contributed by atoms with E-state index in [1.54, 1.807) is 18.2 Å². The van der Waals surface area contributed by atoms with Crippen molar-refractivity contribution in [1.82, 2.24) is 4.90 Å². The van der Waals surface area contributed by atoms with Gasteiger partial charge in [-0.2, -0.15) is 5.26 Å². The molecule has 5 nitrogen and oxygen atoms in total. The molecule has 7 heteroatoms. The lowest BCUT2D eigenvalue weighted by Gasteiger charge is -2.21. The summed E-state index contributed by atoms with van der Waals surface area (Å²) in [7, 11) is 2.98. The molecule has 1 aliphatic rings. The van der Waals surface area contributed by atoms with E-state index in [4.69, 9.17) is 9.47 Å². The average molecular weight is 344 g/mol. The quantitative estimate of drug-likeness (QED) is 0.854. The summed E-state index contributed by atoms with van der Waals surface area (Å²) in [5.41, 5.74) is 0.457. The summed E-state index contributed by atoms with van der Waals surface area (Å²) in [6, 6.07) is 7.49. The standard InChI is InChI=1S/C18H14F2N2O3/c1-24-15-4-3-10(5-16(15)25-2)9-22-14(8-21)17-12(18(22)23)6-11(19)7-13(17)20/h3-7,14H,9H2,1-2H3. The number of carbonyl (C=O) groups excluding carboxylic acids is 1. The van der Waals surface area contributed by atoms with Gasteiger partial charge < -0.3 is 14.4 Å². The largest absolute Gasteiger partial charge is 0.493 e. The van der Waals surface area contributed by atoms with Crippen molar-refractivity contribution < 1.29 is 23.0 Å². The Bertz CT molecular complexity index is 893. The molecule has 0 fully saturated rings. The Hall–Kier alpha value is -3.14. The molecule has 1 unspecified atom stereocenters. The topological polar surface area (TPSA) is 62.6 Å². The highest BCUT2D eigenvalue weighted by atomic mass is 19.1. The molecule has 0 spiro atoms. The number of amides is 1. The van der Waals surface area contributed by atoms with E-state index in [-0.39, 0.29) is 17.7 Å². The molecule has 1 heterocycles. The Morgan fingerprint density at radius 2 is 1.88 bits per heavy atom. The number of benzene rings is 2. The second-order valence-corrected chi connectivity index (χ2v) is 5.50. The Kier molecular flexibility index (Phi) is 4.28. The van der Waals surface area contributed by atoms with Crippen LogP contribution in [0.15, 0.2) is 30.3 Å². The van der Waals surface area contributed by atoms with Gasteiger partial charge in [-0.25, -0.2) is 8.78 Å². The minimum Gasteiger partial charge on any atom is -0.493 e. The fourth-order valence-corrected chi connectivity index (χ4v) is 2.94. The molecule has 0 aromatic heterocycles. The fraction of sp³-hybridized carbons (Fsp3) is 0.222. The Morgan fingerprint density at radius 3 is 2.52 bits per heavy atom. The lowest BCUT2D eigenvalue weighted by molar-refractivity contribution is 0.0743. The van der Waals surface area contributed by atoms with Crippen LogP contribution in [0.2, 0.25) is 0 Å². The van der Waals surface area contributed by atoms with Gasteiger partial charge in [0.2, 0.25) is 0 Å². The summed E-state index contributed by atoms with van der Waals surface area (Å²) >= 11 is 0. The van der Waals surface area contributed by atoms with Gasteiger partial charge in [-0.3, -0.25) is 4.79 Å². The van der Waals surface area contributed by atoms with Gasteiger partial charge in [-0.05, 0) is 23.8 Å². The molecule has 0 radical (unpaired) electrons. The maximum absolute atomic E-state index is 14.1. The van der Waals surface area contributed by atoms with E-state index in [1.165, 1.54) is 19.1 Å². The Balaban J connectivity index is 1.98. The fourth-order valence-electron chi connectivity index (χ4n) is 2.94. The highest BCUT2D eigenvalue weighted by Gasteiger charge is 2.39. The highest BCUT2D eigenvalue weighted by molar-refractivity contribution is 5.99. The number of nitrogens with zero attached hydrogens (tertiary/aromatic N) is 2. The molecule has 2 aromatic rings. The van der Waals surface area contributed by atoms with Crippen molar-refractivity contribution in [3.8, 4) is 17.6 Å². The molecule has 0 saturated carbocycles. The van der Waals surface area contributed by atoms with Gasteiger partial charge in [-0.1, -0.05) is 6.07 Å². The van der Waals surface area contributed by atoms with E-state index >= 15 is 0 Å². The van der Waals surface area contributed by atoms with Crippen molar-refractivity contribution in [3.05, 3.63) is 58.7 Å². The van der Waals surface area contributed by atoms with Gasteiger partial charge in [0.25, 0.3) is 5.91 Å². The number of halogens is 2. The maximum Gasteiger partial charge on any atom is 0.256 e. The van der Waals surface area contributed by atoms with Gasteiger partial charge in [0.05, 0.1) is 25.9 Å². The molecule has 1 amide bonds. The predicted octanol–water partition coefficient (Wildman–Crippen LogP) is 3.20. The van der Waals surface area contributed by atoms with Gasteiger partial charge >= 0.3 is 0 Å². The van der Waals surface area contributed by atoms with Crippen molar-refractivity contribution >= 4 is 5.91 Å². The smallest absolute Gasteiger partial charge is 0.256 e. The Labute approximate surface area is 143 Å². The van der Waals surface area contributed by atoms with E-state index in [0.29, 0.717) is 23.1 Å². The van der Waals surface area contributed by atoms with Crippen LogP contribution < -0.4 is 9.47 Å². The van der Waals surface area contributed by atoms with E-state index in [9.17, 15) is 18.8 Å². The number of fused-ring (bicyclic) bond motifs is 1. The van der Waals surface area contributed by atoms with E-state index in [2.05, 4.69) is 0 Å². The first-order valence-electron chi connectivity index (χ1n) is 7.40. The van der Waals surface area contributed by atoms with Gasteiger partial charge in [0.15, 0.2) is 11.5 Å². The van der Waals surface area contributed by atoms with Crippen LogP contribution in [-0.4, -0.2) is 25.0 Å². The number of carbonyl (C=O) groups is 1. The molecule has 128 valence electrons. The number of rotatable bonds is 4. The van der Waals surface area contributed by atoms with Crippen LogP contribution in [0.4, 0.5) is 8.78 Å². The van der Waals surface area contributed by atoms with Crippen molar-refractivity contribution in [1.29, 1.82) is 5.26 Å². The van der Waals surface area contributed by atoms with Crippen molar-refractivity contribution in [3.63, 3.8) is 0 Å². The normalized spacial score (nSPS) is 15.7. The van der Waals surface area contributed by atoms with Crippen molar-refractivity contribution in [2.75, 3.05) is 14.2 Å². The van der Waals surface area contributed by atoms with E-state index < -0.39 is 23.6 Å². The number of hydrogen-bond acceptors (Lipinski definition) is 4. The third kappa shape index (κ3) is 2.76. The summed E-state index contributed by atoms with van der Waals surface area (Å²) in [6.45, 7) is 0.0488. The van der Waals surface area contributed by atoms with E-state index in [1.807, 2.05) is 6.07 Å². The van der Waals surface area contributed by atoms with Crippen LogP contribution in [0.5, 0.6) is 11.5 Å². The number of ether oxygens (including phenoxy) is 2. The maximum atomic E-state index is 14.1. The van der Waals surface area contributed by atoms with Crippen LogP contribution in [0.25, 0.3) is 0 Å². The van der Waals surface area contributed by atoms with Crippen molar-refractivity contribution in [2.24, 2.45) is 0 Å². The summed E-state index contributed by atoms with van der Waals surface area (Å²) in [5, 5.41) is 9.41. The molecule has 25 heavy (non-hydrogen) atoms. The SMILES string of the molecule is COc1ccc(CN2C(=O)c3cc(F)cc(F)c3C2C#N)cc1OC. The van der Waals surface area contributed by atoms with Crippen LogP contribution in [-0.2, 0) is 6.54 Å². The first-order chi connectivity index (χ1) is 12.0. The molecule has 0 aliphatic carbocycles. The van der Waals surface area contributed by atoms with Crippen LogP contribution >= 0.6 is 0 Å². The van der Waals surface area contributed by atoms with Crippen LogP contribution in [0.1, 0.15) is 27.5 Å². The zero-order valence-corrected chi connectivity index (χ0v) is 13.5. The van der Waals surface area contributed by atoms with Crippen LogP contribution in [0, 0.1) is 23.0 Å². The number of nitriles is 1. The summed E-state index contributed by atoms with van der Waals surface area (Å²) in [4.78, 5) is 13.7. The molecule has 0 saturated heterocycles. The van der Waals surface area contributed by atoms with Gasteiger partial charge in [0, 0.05) is 18.2 Å². The highest BCUT2D eigenvalue weighted by Crippen LogP contribution is 2.37. The molecule has 3 rings (SSSR count). The second-order valence-electron chi connectivity index (χ2n) is 5.50. The summed E-state index contributed by atoms with van der Waals surface area (Å²) in [5.74, 6) is -1.35. The minimum atomic E-state index is -1.11. The zero-order valence-electron chi connectivity index (χ0n) is 13.5.